The monoisotopic (exact) mass is 244 g/mol. The average molecular weight is 244 g/mol. The van der Waals surface area contributed by atoms with E-state index in [1.54, 1.807) is 0 Å². The van der Waals surface area contributed by atoms with Crippen LogP contribution in [0.5, 0.6) is 0 Å². The van der Waals surface area contributed by atoms with Gasteiger partial charge in [-0.2, -0.15) is 23.3 Å². The van der Waals surface area contributed by atoms with E-state index in [0.717, 1.165) is 17.1 Å². The first-order valence-electron chi connectivity index (χ1n) is 4.42. The van der Waals surface area contributed by atoms with Crippen LogP contribution in [0.1, 0.15) is 5.56 Å². The zero-order valence-electron chi connectivity index (χ0n) is 8.31. The molecule has 0 saturated heterocycles. The third-order valence-corrected chi connectivity index (χ3v) is 1.91. The van der Waals surface area contributed by atoms with Crippen molar-refractivity contribution < 1.29 is 13.2 Å². The lowest BCUT2D eigenvalue weighted by molar-refractivity contribution is -0.137. The molecule has 2 aromatic rings. The summed E-state index contributed by atoms with van der Waals surface area (Å²) in [4.78, 5) is 7.57. The molecule has 0 radical (unpaired) electrons. The molecule has 0 fully saturated rings. The van der Waals surface area contributed by atoms with E-state index < -0.39 is 11.7 Å². The van der Waals surface area contributed by atoms with E-state index in [1.165, 1.54) is 12.3 Å². The molecule has 0 aromatic carbocycles. The van der Waals surface area contributed by atoms with Crippen LogP contribution in [0.3, 0.4) is 0 Å². The number of anilines is 1. The van der Waals surface area contributed by atoms with Crippen molar-refractivity contribution >= 4 is 5.95 Å². The predicted octanol–water partition coefficient (Wildman–Crippen LogP) is 0.967. The third kappa shape index (κ3) is 2.33. The Morgan fingerprint density at radius 3 is 2.71 bits per heavy atom. The number of rotatable bonds is 2. The van der Waals surface area contributed by atoms with Gasteiger partial charge in [-0.15, -0.1) is 0 Å². The number of hydrogen-bond donors (Lipinski definition) is 2. The quantitative estimate of drug-likeness (QED) is 0.607. The maximum Gasteiger partial charge on any atom is 0.419 e. The summed E-state index contributed by atoms with van der Waals surface area (Å²) in [6.07, 6.45) is -1.52. The van der Waals surface area contributed by atoms with Crippen molar-refractivity contribution in [3.8, 4) is 5.82 Å². The van der Waals surface area contributed by atoms with Crippen molar-refractivity contribution in [2.75, 3.05) is 5.43 Å². The van der Waals surface area contributed by atoms with E-state index in [-0.39, 0.29) is 11.8 Å². The lowest BCUT2D eigenvalue weighted by Crippen LogP contribution is -2.11. The summed E-state index contributed by atoms with van der Waals surface area (Å²) in [7, 11) is 0. The van der Waals surface area contributed by atoms with E-state index in [4.69, 9.17) is 5.84 Å². The number of alkyl halides is 3. The van der Waals surface area contributed by atoms with E-state index in [9.17, 15) is 13.2 Å². The highest BCUT2D eigenvalue weighted by atomic mass is 19.4. The number of hydrogen-bond acceptors (Lipinski definition) is 5. The Kier molecular flexibility index (Phi) is 2.68. The molecule has 17 heavy (non-hydrogen) atoms. The molecule has 0 unspecified atom stereocenters. The van der Waals surface area contributed by atoms with Crippen molar-refractivity contribution in [3.05, 3.63) is 30.2 Å². The number of nitrogens with zero attached hydrogens (tertiary/aromatic N) is 4. The van der Waals surface area contributed by atoms with Gasteiger partial charge in [0.05, 0.1) is 11.8 Å². The summed E-state index contributed by atoms with van der Waals surface area (Å²) >= 11 is 0. The molecule has 2 rings (SSSR count). The normalized spacial score (nSPS) is 11.5. The summed E-state index contributed by atoms with van der Waals surface area (Å²) in [5, 5.41) is 3.57. The minimum absolute atomic E-state index is 0.0894. The molecule has 3 N–H and O–H groups in total. The second-order valence-corrected chi connectivity index (χ2v) is 3.05. The van der Waals surface area contributed by atoms with E-state index in [0.29, 0.717) is 0 Å². The number of nitrogens with two attached hydrogens (primary N) is 1. The van der Waals surface area contributed by atoms with E-state index >= 15 is 0 Å². The Bertz CT molecular complexity index is 520. The fourth-order valence-corrected chi connectivity index (χ4v) is 1.14. The summed E-state index contributed by atoms with van der Waals surface area (Å²) in [5.74, 6) is 5.36. The average Bonchev–Trinajstić information content (AvgIpc) is 2.78. The van der Waals surface area contributed by atoms with Crippen molar-refractivity contribution in [1.29, 1.82) is 0 Å². The van der Waals surface area contributed by atoms with Crippen LogP contribution in [-0.4, -0.2) is 19.7 Å². The van der Waals surface area contributed by atoms with Gasteiger partial charge < -0.3 is 0 Å². The molecule has 2 heterocycles. The van der Waals surface area contributed by atoms with Crippen LogP contribution < -0.4 is 11.3 Å². The lowest BCUT2D eigenvalue weighted by Gasteiger charge is -2.03. The summed E-state index contributed by atoms with van der Waals surface area (Å²) in [6, 6.07) is 1.41. The Morgan fingerprint density at radius 1 is 1.35 bits per heavy atom. The van der Waals surface area contributed by atoms with Crippen LogP contribution in [0.2, 0.25) is 0 Å². The molecule has 0 aliphatic heterocycles. The molecular formula is C8H7F3N6. The maximum atomic E-state index is 12.3. The molecule has 0 atom stereocenters. The predicted molar refractivity (Wildman–Crippen MR) is 52.0 cm³/mol. The number of hydrazine groups is 1. The third-order valence-electron chi connectivity index (χ3n) is 1.91. The van der Waals surface area contributed by atoms with Gasteiger partial charge in [0, 0.05) is 18.5 Å². The van der Waals surface area contributed by atoms with Gasteiger partial charge in [-0.1, -0.05) is 0 Å². The summed E-state index contributed by atoms with van der Waals surface area (Å²) < 4.78 is 38.0. The number of nitrogen functional groups attached to an aromatic ring is 1. The van der Waals surface area contributed by atoms with Gasteiger partial charge in [0.25, 0.3) is 0 Å². The fourth-order valence-electron chi connectivity index (χ4n) is 1.14. The number of aromatic nitrogens is 4. The van der Waals surface area contributed by atoms with Crippen molar-refractivity contribution in [1.82, 2.24) is 19.7 Å². The largest absolute Gasteiger partial charge is 0.419 e. The van der Waals surface area contributed by atoms with Crippen molar-refractivity contribution in [3.63, 3.8) is 0 Å². The highest BCUT2D eigenvalue weighted by Crippen LogP contribution is 2.28. The summed E-state index contributed by atoms with van der Waals surface area (Å²) in [5.41, 5.74) is 1.34. The zero-order valence-corrected chi connectivity index (χ0v) is 8.31. The molecule has 0 bridgehead atoms. The van der Waals surface area contributed by atoms with Crippen LogP contribution in [0.25, 0.3) is 5.82 Å². The standard InChI is InChI=1S/C8H7F3N6/c9-8(10,11)5-3-14-17(4-5)6-1-2-13-7(15-6)16-12/h1-4H,12H2,(H,13,15,16). The molecular weight excluding hydrogens is 237 g/mol. The van der Waals surface area contributed by atoms with Crippen LogP contribution in [0.15, 0.2) is 24.7 Å². The van der Waals surface area contributed by atoms with Crippen LogP contribution >= 0.6 is 0 Å². The van der Waals surface area contributed by atoms with Gasteiger partial charge in [-0.05, 0) is 0 Å². The molecule has 9 heteroatoms. The zero-order chi connectivity index (χ0) is 12.5. The topological polar surface area (TPSA) is 81.6 Å². The molecule has 0 saturated carbocycles. The SMILES string of the molecule is NNc1nccc(-n2cc(C(F)(F)F)cn2)n1. The fraction of sp³-hybridized carbons (Fsp3) is 0.125. The molecule has 90 valence electrons. The van der Waals surface area contributed by atoms with E-state index in [2.05, 4.69) is 20.5 Å². The van der Waals surface area contributed by atoms with Crippen LogP contribution in [-0.2, 0) is 6.18 Å². The van der Waals surface area contributed by atoms with Crippen molar-refractivity contribution in [2.45, 2.75) is 6.18 Å². The van der Waals surface area contributed by atoms with Gasteiger partial charge >= 0.3 is 6.18 Å². The minimum atomic E-state index is -4.43. The van der Waals surface area contributed by atoms with Gasteiger partial charge in [0.1, 0.15) is 0 Å². The lowest BCUT2D eigenvalue weighted by atomic mass is 10.4. The van der Waals surface area contributed by atoms with Crippen LogP contribution in [0, 0.1) is 0 Å². The highest BCUT2D eigenvalue weighted by molar-refractivity contribution is 5.30. The molecule has 0 amide bonds. The first kappa shape index (κ1) is 11.3. The van der Waals surface area contributed by atoms with Gasteiger partial charge in [-0.3, -0.25) is 5.43 Å². The first-order chi connectivity index (χ1) is 8.00. The van der Waals surface area contributed by atoms with E-state index in [1.807, 2.05) is 0 Å². The molecule has 2 aromatic heterocycles. The molecule has 0 aliphatic rings. The Hall–Kier alpha value is -2.16. The molecule has 6 nitrogen and oxygen atoms in total. The highest BCUT2D eigenvalue weighted by Gasteiger charge is 2.32. The number of nitrogens with one attached hydrogen (secondary N) is 1. The van der Waals surface area contributed by atoms with Gasteiger partial charge in [0.15, 0.2) is 5.82 Å². The first-order valence-corrected chi connectivity index (χ1v) is 4.42. The van der Waals surface area contributed by atoms with Crippen molar-refractivity contribution in [2.24, 2.45) is 5.84 Å². The van der Waals surface area contributed by atoms with Gasteiger partial charge in [0.2, 0.25) is 5.95 Å². The molecule has 0 spiro atoms. The van der Waals surface area contributed by atoms with Crippen LogP contribution in [0.4, 0.5) is 19.1 Å². The maximum absolute atomic E-state index is 12.3. The Balaban J connectivity index is 2.37. The van der Waals surface area contributed by atoms with Gasteiger partial charge in [-0.25, -0.2) is 15.5 Å². The Labute approximate surface area is 93.3 Å². The minimum Gasteiger partial charge on any atom is -0.292 e. The smallest absolute Gasteiger partial charge is 0.292 e. The molecule has 0 aliphatic carbocycles. The number of halogens is 3. The Morgan fingerprint density at radius 2 is 2.12 bits per heavy atom. The second-order valence-electron chi connectivity index (χ2n) is 3.05. The summed E-state index contributed by atoms with van der Waals surface area (Å²) in [6.45, 7) is 0. The second kappa shape index (κ2) is 4.01.